The molecule has 0 fully saturated rings. The van der Waals surface area contributed by atoms with Crippen LogP contribution in [-0.2, 0) is 0 Å². The molecule has 0 aliphatic carbocycles. The summed E-state index contributed by atoms with van der Waals surface area (Å²) < 4.78 is 2.38. The van der Waals surface area contributed by atoms with E-state index in [1.165, 1.54) is 21.7 Å². The molecule has 3 aromatic heterocycles. The van der Waals surface area contributed by atoms with Gasteiger partial charge in [-0.1, -0.05) is 182 Å². The summed E-state index contributed by atoms with van der Waals surface area (Å²) in [7, 11) is 0. The Hall–Kier alpha value is -8.54. The smallest absolute Gasteiger partial charge is 0.164 e. The molecule has 5 heteroatoms. The van der Waals surface area contributed by atoms with Gasteiger partial charge in [0.05, 0.1) is 22.2 Å². The number of aromatic nitrogens is 5. The Morgan fingerprint density at radius 3 is 1.43 bits per heavy atom. The molecule has 0 radical (unpaired) electrons. The first-order valence-corrected chi connectivity index (χ1v) is 21.2. The van der Waals surface area contributed by atoms with Gasteiger partial charge in [-0.3, -0.25) is 0 Å². The van der Waals surface area contributed by atoms with Gasteiger partial charge in [0.2, 0.25) is 0 Å². The fraction of sp³-hybridized carbons (Fsp3) is 0. The highest BCUT2D eigenvalue weighted by Crippen LogP contribution is 2.42. The Balaban J connectivity index is 1.02. The third-order valence-electron chi connectivity index (χ3n) is 12.0. The van der Waals surface area contributed by atoms with Gasteiger partial charge in [0, 0.05) is 55.0 Å². The Labute approximate surface area is 364 Å². The molecule has 0 spiro atoms. The van der Waals surface area contributed by atoms with Gasteiger partial charge in [-0.15, -0.1) is 0 Å². The van der Waals surface area contributed by atoms with Crippen molar-refractivity contribution in [2.75, 3.05) is 0 Å². The van der Waals surface area contributed by atoms with Gasteiger partial charge >= 0.3 is 0 Å². The summed E-state index contributed by atoms with van der Waals surface area (Å²) in [6.45, 7) is 0. The number of nitrogens with zero attached hydrogens (tertiary/aromatic N) is 5. The van der Waals surface area contributed by atoms with Crippen LogP contribution in [0.15, 0.2) is 224 Å². The fourth-order valence-corrected chi connectivity index (χ4v) is 9.03. The summed E-state index contributed by atoms with van der Waals surface area (Å²) in [5.41, 5.74) is 13.6. The lowest BCUT2D eigenvalue weighted by Gasteiger charge is -2.15. The van der Waals surface area contributed by atoms with E-state index < -0.39 is 0 Å². The highest BCUT2D eigenvalue weighted by molar-refractivity contribution is 6.21. The lowest BCUT2D eigenvalue weighted by molar-refractivity contribution is 1.07. The number of benzene rings is 9. The van der Waals surface area contributed by atoms with Crippen molar-refractivity contribution in [1.82, 2.24) is 24.5 Å². The maximum absolute atomic E-state index is 5.60. The predicted octanol–water partition coefficient (Wildman–Crippen LogP) is 14.7. The molecule has 0 aliphatic rings. The van der Waals surface area contributed by atoms with E-state index in [-0.39, 0.29) is 0 Å². The highest BCUT2D eigenvalue weighted by Gasteiger charge is 2.20. The molecule has 0 bridgehead atoms. The maximum atomic E-state index is 5.60. The lowest BCUT2D eigenvalue weighted by Crippen LogP contribution is -2.00. The Morgan fingerprint density at radius 2 is 0.762 bits per heavy atom. The average molecular weight is 804 g/mol. The molecular weight excluding hydrogens is 767 g/mol. The van der Waals surface area contributed by atoms with Crippen LogP contribution in [0, 0.1) is 0 Å². The van der Waals surface area contributed by atoms with Crippen molar-refractivity contribution in [2.45, 2.75) is 0 Å². The van der Waals surface area contributed by atoms with Crippen molar-refractivity contribution in [3.05, 3.63) is 224 Å². The highest BCUT2D eigenvalue weighted by atomic mass is 15.0. The van der Waals surface area contributed by atoms with Gasteiger partial charge in [-0.25, -0.2) is 19.9 Å². The molecule has 0 aliphatic heterocycles. The number of pyridine rings is 1. The van der Waals surface area contributed by atoms with Crippen LogP contribution >= 0.6 is 0 Å². The van der Waals surface area contributed by atoms with Crippen LogP contribution in [0.2, 0.25) is 0 Å². The van der Waals surface area contributed by atoms with Gasteiger partial charge < -0.3 is 4.57 Å². The van der Waals surface area contributed by atoms with E-state index in [4.69, 9.17) is 19.9 Å². The number of para-hydroxylation sites is 3. The van der Waals surface area contributed by atoms with Crippen molar-refractivity contribution in [2.24, 2.45) is 0 Å². The quantitative estimate of drug-likeness (QED) is 0.151. The zero-order chi connectivity index (χ0) is 41.7. The first-order valence-electron chi connectivity index (χ1n) is 21.2. The van der Waals surface area contributed by atoms with Crippen LogP contribution in [0.5, 0.6) is 0 Å². The van der Waals surface area contributed by atoms with Crippen LogP contribution in [0.3, 0.4) is 0 Å². The van der Waals surface area contributed by atoms with Crippen LogP contribution in [0.1, 0.15) is 0 Å². The van der Waals surface area contributed by atoms with Crippen LogP contribution in [-0.4, -0.2) is 24.5 Å². The second kappa shape index (κ2) is 15.2. The molecule has 0 saturated carbocycles. The summed E-state index contributed by atoms with van der Waals surface area (Å²) in [5.74, 6) is 1.90. The standard InChI is InChI=1S/C58H37N5/c1-5-18-38(19-6-1)54-51-37-53-50(47-30-13-14-33-52(47)63(53)45-28-11-4-12-29-45)36-49(51)48-32-17-31-46(55(48)59-54)43-26-15-24-41(34-43)42-25-16-27-44(35-42)58-61-56(39-20-7-2-8-21-39)60-57(62-58)40-22-9-3-10-23-40/h1-37H. The summed E-state index contributed by atoms with van der Waals surface area (Å²) in [6, 6.07) is 78.7. The molecule has 63 heavy (non-hydrogen) atoms. The van der Waals surface area contributed by atoms with E-state index in [9.17, 15) is 0 Å². The van der Waals surface area contributed by atoms with Gasteiger partial charge in [-0.2, -0.15) is 0 Å². The van der Waals surface area contributed by atoms with Gasteiger partial charge in [0.25, 0.3) is 0 Å². The molecular formula is C58H37N5. The molecule has 0 unspecified atom stereocenters. The third kappa shape index (κ3) is 6.42. The molecule has 5 nitrogen and oxygen atoms in total. The normalized spacial score (nSPS) is 11.5. The van der Waals surface area contributed by atoms with Crippen molar-refractivity contribution >= 4 is 43.5 Å². The van der Waals surface area contributed by atoms with Crippen LogP contribution in [0.4, 0.5) is 0 Å². The van der Waals surface area contributed by atoms with Crippen molar-refractivity contribution in [3.8, 4) is 73.4 Å². The molecule has 0 saturated heterocycles. The van der Waals surface area contributed by atoms with E-state index in [0.29, 0.717) is 17.5 Å². The summed E-state index contributed by atoms with van der Waals surface area (Å²) >= 11 is 0. The summed E-state index contributed by atoms with van der Waals surface area (Å²) in [5, 5.41) is 5.85. The monoisotopic (exact) mass is 803 g/mol. The molecule has 0 amide bonds. The first kappa shape index (κ1) is 36.3. The van der Waals surface area contributed by atoms with Crippen molar-refractivity contribution < 1.29 is 0 Å². The SMILES string of the molecule is c1ccc(-c2nc(-c3ccccc3)nc(-c3cccc(-c4cccc(-c5cccc6c5nc(-c5ccccc5)c5cc7c(cc56)c5ccccc5n7-c5ccccc5)c4)c3)n2)cc1. The predicted molar refractivity (Wildman–Crippen MR) is 260 cm³/mol. The lowest BCUT2D eigenvalue weighted by atomic mass is 9.93. The molecule has 294 valence electrons. The third-order valence-corrected chi connectivity index (χ3v) is 12.0. The minimum absolute atomic E-state index is 0.625. The molecule has 3 heterocycles. The maximum Gasteiger partial charge on any atom is 0.164 e. The molecule has 12 rings (SSSR count). The number of rotatable bonds is 7. The van der Waals surface area contributed by atoms with E-state index in [1.54, 1.807) is 0 Å². The zero-order valence-corrected chi connectivity index (χ0v) is 34.1. The van der Waals surface area contributed by atoms with Gasteiger partial charge in [-0.05, 0) is 64.5 Å². The van der Waals surface area contributed by atoms with Gasteiger partial charge in [0.15, 0.2) is 17.5 Å². The fourth-order valence-electron chi connectivity index (χ4n) is 9.03. The van der Waals surface area contributed by atoms with Crippen LogP contribution < -0.4 is 0 Å². The minimum atomic E-state index is 0.625. The zero-order valence-electron chi connectivity index (χ0n) is 34.1. The Bertz CT molecular complexity index is 3600. The minimum Gasteiger partial charge on any atom is -0.309 e. The molecule has 0 atom stereocenters. The second-order valence-corrected chi connectivity index (χ2v) is 15.8. The van der Waals surface area contributed by atoms with Crippen molar-refractivity contribution in [3.63, 3.8) is 0 Å². The Morgan fingerprint density at radius 1 is 0.270 bits per heavy atom. The average Bonchev–Trinajstić information content (AvgIpc) is 3.69. The number of fused-ring (bicyclic) bond motifs is 6. The summed E-state index contributed by atoms with van der Waals surface area (Å²) in [6.07, 6.45) is 0. The topological polar surface area (TPSA) is 56.5 Å². The van der Waals surface area contributed by atoms with Crippen molar-refractivity contribution in [1.29, 1.82) is 0 Å². The first-order chi connectivity index (χ1) is 31.2. The number of hydrogen-bond acceptors (Lipinski definition) is 4. The van der Waals surface area contributed by atoms with Crippen LogP contribution in [0.25, 0.3) is 117 Å². The van der Waals surface area contributed by atoms with E-state index in [1.807, 2.05) is 60.7 Å². The number of hydrogen-bond donors (Lipinski definition) is 0. The molecule has 12 aromatic rings. The molecule has 9 aromatic carbocycles. The van der Waals surface area contributed by atoms with Gasteiger partial charge in [0.1, 0.15) is 0 Å². The Kier molecular flexibility index (Phi) is 8.75. The van der Waals surface area contributed by atoms with E-state index in [0.717, 1.165) is 77.7 Å². The van der Waals surface area contributed by atoms with E-state index in [2.05, 4.69) is 168 Å². The summed E-state index contributed by atoms with van der Waals surface area (Å²) in [4.78, 5) is 20.5. The second-order valence-electron chi connectivity index (χ2n) is 15.8. The van der Waals surface area contributed by atoms with E-state index >= 15 is 0 Å². The largest absolute Gasteiger partial charge is 0.309 e. The molecule has 0 N–H and O–H groups in total.